The zero-order chi connectivity index (χ0) is 18.3. The van der Waals surface area contributed by atoms with Gasteiger partial charge >= 0.3 is 0 Å². The summed E-state index contributed by atoms with van der Waals surface area (Å²) in [5, 5.41) is 4.29. The average molecular weight is 356 g/mol. The van der Waals surface area contributed by atoms with Crippen LogP contribution in [-0.4, -0.2) is 58.1 Å². The second-order valence-electron chi connectivity index (χ2n) is 7.45. The highest BCUT2D eigenvalue weighted by molar-refractivity contribution is 5.87. The van der Waals surface area contributed by atoms with Gasteiger partial charge in [0.1, 0.15) is 5.76 Å². The number of rotatable bonds is 3. The molecule has 2 aliphatic rings. The molecular formula is C19H24N4O3. The molecule has 4 heterocycles. The third-order valence-electron chi connectivity index (χ3n) is 5.91. The maximum atomic E-state index is 13.2. The van der Waals surface area contributed by atoms with Crippen LogP contribution < -0.4 is 0 Å². The van der Waals surface area contributed by atoms with Crippen molar-refractivity contribution in [2.24, 2.45) is 12.5 Å². The smallest absolute Gasteiger partial charge is 0.231 e. The van der Waals surface area contributed by atoms with E-state index in [1.807, 2.05) is 40.7 Å². The van der Waals surface area contributed by atoms with E-state index in [0.29, 0.717) is 18.8 Å². The third-order valence-corrected chi connectivity index (χ3v) is 5.91. The minimum atomic E-state index is -0.556. The summed E-state index contributed by atoms with van der Waals surface area (Å²) in [4.78, 5) is 29.7. The van der Waals surface area contributed by atoms with Gasteiger partial charge in [0.15, 0.2) is 0 Å². The SMILES string of the molecule is CN1CCC[C@]2(CN(C(=O)Cc3ccco3)C[C@H]2c2ccnn2C)C1=O. The summed E-state index contributed by atoms with van der Waals surface area (Å²) in [6.07, 6.45) is 5.32. The molecule has 7 nitrogen and oxygen atoms in total. The highest BCUT2D eigenvalue weighted by atomic mass is 16.3. The lowest BCUT2D eigenvalue weighted by Gasteiger charge is -2.40. The maximum Gasteiger partial charge on any atom is 0.231 e. The molecule has 2 aliphatic heterocycles. The molecule has 0 aliphatic carbocycles. The quantitative estimate of drug-likeness (QED) is 0.834. The van der Waals surface area contributed by atoms with E-state index >= 15 is 0 Å². The fourth-order valence-corrected chi connectivity index (χ4v) is 4.57. The van der Waals surface area contributed by atoms with Crippen LogP contribution in [0.4, 0.5) is 0 Å². The van der Waals surface area contributed by atoms with Crippen LogP contribution >= 0.6 is 0 Å². The van der Waals surface area contributed by atoms with Crippen molar-refractivity contribution in [2.45, 2.75) is 25.2 Å². The third kappa shape index (κ3) is 2.62. The Kier molecular flexibility index (Phi) is 4.09. The Morgan fingerprint density at radius 1 is 1.38 bits per heavy atom. The van der Waals surface area contributed by atoms with Gasteiger partial charge in [-0.05, 0) is 31.0 Å². The Balaban J connectivity index is 1.65. The van der Waals surface area contributed by atoms with E-state index in [0.717, 1.165) is 25.1 Å². The van der Waals surface area contributed by atoms with Gasteiger partial charge in [0, 0.05) is 51.5 Å². The average Bonchev–Trinajstić information content (AvgIpc) is 3.33. The van der Waals surface area contributed by atoms with Crippen LogP contribution in [0.3, 0.4) is 0 Å². The van der Waals surface area contributed by atoms with Crippen molar-refractivity contribution in [1.82, 2.24) is 19.6 Å². The minimum absolute atomic E-state index is 0.00465. The minimum Gasteiger partial charge on any atom is -0.469 e. The van der Waals surface area contributed by atoms with E-state index in [2.05, 4.69) is 5.10 Å². The van der Waals surface area contributed by atoms with Gasteiger partial charge < -0.3 is 14.2 Å². The van der Waals surface area contributed by atoms with Crippen LogP contribution in [0.25, 0.3) is 0 Å². The van der Waals surface area contributed by atoms with Crippen molar-refractivity contribution in [3.8, 4) is 0 Å². The van der Waals surface area contributed by atoms with E-state index < -0.39 is 5.41 Å². The molecule has 138 valence electrons. The lowest BCUT2D eigenvalue weighted by Crippen LogP contribution is -2.51. The highest BCUT2D eigenvalue weighted by Crippen LogP contribution is 2.49. The van der Waals surface area contributed by atoms with Gasteiger partial charge in [0.25, 0.3) is 0 Å². The number of nitrogens with zero attached hydrogens (tertiary/aromatic N) is 4. The number of aryl methyl sites for hydroxylation is 1. The lowest BCUT2D eigenvalue weighted by atomic mass is 9.70. The van der Waals surface area contributed by atoms with E-state index in [1.165, 1.54) is 0 Å². The summed E-state index contributed by atoms with van der Waals surface area (Å²) in [5.74, 6) is 0.763. The van der Waals surface area contributed by atoms with Gasteiger partial charge in [-0.3, -0.25) is 14.3 Å². The zero-order valence-corrected chi connectivity index (χ0v) is 15.2. The fourth-order valence-electron chi connectivity index (χ4n) is 4.57. The van der Waals surface area contributed by atoms with Crippen molar-refractivity contribution in [2.75, 3.05) is 26.7 Å². The molecule has 2 fully saturated rings. The molecule has 2 aromatic heterocycles. The first-order chi connectivity index (χ1) is 12.5. The number of likely N-dealkylation sites (tertiary alicyclic amines) is 2. The van der Waals surface area contributed by atoms with E-state index in [4.69, 9.17) is 4.42 Å². The number of aromatic nitrogens is 2. The number of hydrogen-bond acceptors (Lipinski definition) is 4. The molecule has 0 bridgehead atoms. The van der Waals surface area contributed by atoms with Crippen LogP contribution in [0.1, 0.15) is 30.2 Å². The summed E-state index contributed by atoms with van der Waals surface area (Å²) in [7, 11) is 3.75. The number of carbonyl (C=O) groups excluding carboxylic acids is 2. The highest BCUT2D eigenvalue weighted by Gasteiger charge is 2.56. The molecule has 0 aromatic carbocycles. The first-order valence-electron chi connectivity index (χ1n) is 9.05. The van der Waals surface area contributed by atoms with E-state index in [-0.39, 0.29) is 24.2 Å². The van der Waals surface area contributed by atoms with Crippen LogP contribution in [-0.2, 0) is 23.1 Å². The molecule has 2 aromatic rings. The van der Waals surface area contributed by atoms with E-state index in [1.54, 1.807) is 18.5 Å². The van der Waals surface area contributed by atoms with Crippen LogP contribution in [0.2, 0.25) is 0 Å². The lowest BCUT2D eigenvalue weighted by molar-refractivity contribution is -0.145. The van der Waals surface area contributed by atoms with Crippen molar-refractivity contribution < 1.29 is 14.0 Å². The van der Waals surface area contributed by atoms with Gasteiger partial charge in [-0.1, -0.05) is 0 Å². The molecule has 2 amide bonds. The molecule has 2 atom stereocenters. The Morgan fingerprint density at radius 3 is 2.92 bits per heavy atom. The second-order valence-corrected chi connectivity index (χ2v) is 7.45. The normalized spacial score (nSPS) is 26.1. The van der Waals surface area contributed by atoms with Crippen molar-refractivity contribution in [3.05, 3.63) is 42.1 Å². The maximum absolute atomic E-state index is 13.2. The van der Waals surface area contributed by atoms with Crippen molar-refractivity contribution in [3.63, 3.8) is 0 Å². The molecule has 0 saturated carbocycles. The number of amides is 2. The Hall–Kier alpha value is -2.57. The molecular weight excluding hydrogens is 332 g/mol. The van der Waals surface area contributed by atoms with Crippen molar-refractivity contribution in [1.29, 1.82) is 0 Å². The zero-order valence-electron chi connectivity index (χ0n) is 15.2. The summed E-state index contributed by atoms with van der Waals surface area (Å²) < 4.78 is 7.15. The number of piperidine rings is 1. The van der Waals surface area contributed by atoms with Gasteiger partial charge in [-0.25, -0.2) is 0 Å². The molecule has 1 spiro atoms. The molecule has 4 rings (SSSR count). The summed E-state index contributed by atoms with van der Waals surface area (Å²) in [6, 6.07) is 5.56. The number of furan rings is 1. The van der Waals surface area contributed by atoms with Gasteiger partial charge in [0.2, 0.25) is 11.8 Å². The molecule has 7 heteroatoms. The Labute approximate surface area is 152 Å². The van der Waals surface area contributed by atoms with E-state index in [9.17, 15) is 9.59 Å². The molecule has 0 N–H and O–H groups in total. The summed E-state index contributed by atoms with van der Waals surface area (Å²) in [5.41, 5.74) is 0.460. The molecule has 0 unspecified atom stereocenters. The summed E-state index contributed by atoms with van der Waals surface area (Å²) in [6.45, 7) is 1.78. The largest absolute Gasteiger partial charge is 0.469 e. The van der Waals surface area contributed by atoms with Gasteiger partial charge in [-0.15, -0.1) is 0 Å². The first kappa shape index (κ1) is 16.9. The fraction of sp³-hybridized carbons (Fsp3) is 0.526. The monoisotopic (exact) mass is 356 g/mol. The standard InChI is InChI=1S/C19H24N4O3/c1-21-9-4-7-19(18(21)25)13-23(17(24)11-14-5-3-10-26-14)12-15(19)16-6-8-20-22(16)2/h3,5-6,8,10,15H,4,7,9,11-13H2,1-2H3/t15-,19+/m0/s1. The number of hydrogen-bond donors (Lipinski definition) is 0. The second kappa shape index (κ2) is 6.30. The number of carbonyl (C=O) groups is 2. The first-order valence-corrected chi connectivity index (χ1v) is 9.05. The topological polar surface area (TPSA) is 71.6 Å². The Morgan fingerprint density at radius 2 is 2.23 bits per heavy atom. The molecule has 2 saturated heterocycles. The Bertz CT molecular complexity index is 813. The van der Waals surface area contributed by atoms with Crippen LogP contribution in [0, 0.1) is 5.41 Å². The summed E-state index contributed by atoms with van der Waals surface area (Å²) >= 11 is 0. The predicted octanol–water partition coefficient (Wildman–Crippen LogP) is 1.42. The van der Waals surface area contributed by atoms with Gasteiger partial charge in [-0.2, -0.15) is 5.10 Å². The van der Waals surface area contributed by atoms with Crippen molar-refractivity contribution >= 4 is 11.8 Å². The predicted molar refractivity (Wildman–Crippen MR) is 94.2 cm³/mol. The van der Waals surface area contributed by atoms with Gasteiger partial charge in [0.05, 0.1) is 18.1 Å². The molecule has 0 radical (unpaired) electrons. The molecule has 26 heavy (non-hydrogen) atoms. The van der Waals surface area contributed by atoms with Crippen LogP contribution in [0.15, 0.2) is 35.1 Å². The van der Waals surface area contributed by atoms with Crippen LogP contribution in [0.5, 0.6) is 0 Å².